The van der Waals surface area contributed by atoms with Crippen LogP contribution < -0.4 is 10.6 Å². The Bertz CT molecular complexity index is 727. The van der Waals surface area contributed by atoms with E-state index in [0.29, 0.717) is 0 Å². The average Bonchev–Trinajstić information content (AvgIpc) is 2.75. The van der Waals surface area contributed by atoms with Crippen molar-refractivity contribution in [1.82, 2.24) is 0 Å². The standard InChI is InChI=1S/C17H17BrN2O/c1-10-3-4-13(18)9-15(10)17(21)20-11(2)7-12-8-14(19)5-6-16(12)20/h3-6,8-9,11H,7,19H2,1-2H3. The van der Waals surface area contributed by atoms with Crippen LogP contribution in [0.1, 0.15) is 28.4 Å². The van der Waals surface area contributed by atoms with Gasteiger partial charge in [0.2, 0.25) is 0 Å². The largest absolute Gasteiger partial charge is 0.399 e. The average molecular weight is 345 g/mol. The number of nitrogen functional groups attached to an aromatic ring is 1. The topological polar surface area (TPSA) is 46.3 Å². The number of rotatable bonds is 1. The summed E-state index contributed by atoms with van der Waals surface area (Å²) >= 11 is 3.44. The summed E-state index contributed by atoms with van der Waals surface area (Å²) in [4.78, 5) is 14.8. The lowest BCUT2D eigenvalue weighted by molar-refractivity contribution is 0.0981. The Balaban J connectivity index is 2.05. The van der Waals surface area contributed by atoms with Crippen molar-refractivity contribution in [3.05, 3.63) is 57.6 Å². The Morgan fingerprint density at radius 3 is 2.81 bits per heavy atom. The van der Waals surface area contributed by atoms with Crippen molar-refractivity contribution >= 4 is 33.2 Å². The Hall–Kier alpha value is -1.81. The molecule has 2 aromatic rings. The van der Waals surface area contributed by atoms with Gasteiger partial charge < -0.3 is 10.6 Å². The second-order valence-corrected chi connectivity index (χ2v) is 6.49. The molecule has 0 radical (unpaired) electrons. The van der Waals surface area contributed by atoms with Gasteiger partial charge in [0.05, 0.1) is 0 Å². The van der Waals surface area contributed by atoms with Gasteiger partial charge in [0, 0.05) is 27.5 Å². The second kappa shape index (κ2) is 5.19. The molecular formula is C17H17BrN2O. The van der Waals surface area contributed by atoms with Crippen molar-refractivity contribution in [3.63, 3.8) is 0 Å². The molecule has 1 heterocycles. The molecule has 0 saturated carbocycles. The number of amides is 1. The molecule has 108 valence electrons. The fourth-order valence-electron chi connectivity index (χ4n) is 2.91. The molecular weight excluding hydrogens is 328 g/mol. The van der Waals surface area contributed by atoms with Gasteiger partial charge >= 0.3 is 0 Å². The molecule has 3 nitrogen and oxygen atoms in total. The molecule has 4 heteroatoms. The number of hydrogen-bond acceptors (Lipinski definition) is 2. The van der Waals surface area contributed by atoms with Crippen LogP contribution in [0.15, 0.2) is 40.9 Å². The summed E-state index contributed by atoms with van der Waals surface area (Å²) in [5.74, 6) is 0.0461. The molecule has 2 aromatic carbocycles. The van der Waals surface area contributed by atoms with Crippen molar-refractivity contribution in [2.75, 3.05) is 10.6 Å². The Labute approximate surface area is 132 Å². The van der Waals surface area contributed by atoms with E-state index in [2.05, 4.69) is 22.9 Å². The van der Waals surface area contributed by atoms with Gasteiger partial charge in [-0.25, -0.2) is 0 Å². The lowest BCUT2D eigenvalue weighted by atomic mass is 10.1. The number of carbonyl (C=O) groups is 1. The van der Waals surface area contributed by atoms with E-state index in [9.17, 15) is 4.79 Å². The molecule has 1 atom stereocenters. The Kier molecular flexibility index (Phi) is 3.49. The zero-order valence-corrected chi connectivity index (χ0v) is 13.6. The zero-order valence-electron chi connectivity index (χ0n) is 12.1. The first kappa shape index (κ1) is 14.1. The van der Waals surface area contributed by atoms with Crippen LogP contribution in [-0.2, 0) is 6.42 Å². The summed E-state index contributed by atoms with van der Waals surface area (Å²) in [6.45, 7) is 4.03. The SMILES string of the molecule is Cc1ccc(Br)cc1C(=O)N1c2ccc(N)cc2CC1C. The van der Waals surface area contributed by atoms with Crippen LogP contribution in [0.2, 0.25) is 0 Å². The number of anilines is 2. The van der Waals surface area contributed by atoms with E-state index in [-0.39, 0.29) is 11.9 Å². The van der Waals surface area contributed by atoms with Gasteiger partial charge in [0.15, 0.2) is 0 Å². The van der Waals surface area contributed by atoms with Crippen LogP contribution in [0.5, 0.6) is 0 Å². The summed E-state index contributed by atoms with van der Waals surface area (Å²) in [6, 6.07) is 11.7. The van der Waals surface area contributed by atoms with Gasteiger partial charge in [-0.3, -0.25) is 4.79 Å². The minimum absolute atomic E-state index is 0.0461. The number of aryl methyl sites for hydroxylation is 1. The van der Waals surface area contributed by atoms with Crippen molar-refractivity contribution in [2.45, 2.75) is 26.3 Å². The normalized spacial score (nSPS) is 16.9. The molecule has 1 aliphatic rings. The Morgan fingerprint density at radius 2 is 2.05 bits per heavy atom. The van der Waals surface area contributed by atoms with Crippen molar-refractivity contribution in [3.8, 4) is 0 Å². The highest BCUT2D eigenvalue weighted by molar-refractivity contribution is 9.10. The van der Waals surface area contributed by atoms with Crippen LogP contribution in [0.25, 0.3) is 0 Å². The van der Waals surface area contributed by atoms with E-state index >= 15 is 0 Å². The van der Waals surface area contributed by atoms with Gasteiger partial charge in [-0.05, 0) is 61.7 Å². The molecule has 0 fully saturated rings. The van der Waals surface area contributed by atoms with E-state index in [1.54, 1.807) is 0 Å². The first-order chi connectivity index (χ1) is 9.97. The highest BCUT2D eigenvalue weighted by Gasteiger charge is 2.32. The number of carbonyl (C=O) groups excluding carboxylic acids is 1. The van der Waals surface area contributed by atoms with Gasteiger partial charge in [-0.2, -0.15) is 0 Å². The van der Waals surface area contributed by atoms with Gasteiger partial charge in [0.25, 0.3) is 5.91 Å². The highest BCUT2D eigenvalue weighted by atomic mass is 79.9. The lowest BCUT2D eigenvalue weighted by Gasteiger charge is -2.23. The monoisotopic (exact) mass is 344 g/mol. The fourth-order valence-corrected chi connectivity index (χ4v) is 3.28. The second-order valence-electron chi connectivity index (χ2n) is 5.58. The van der Waals surface area contributed by atoms with Gasteiger partial charge in [0.1, 0.15) is 0 Å². The quantitative estimate of drug-likeness (QED) is 0.796. The van der Waals surface area contributed by atoms with Crippen LogP contribution in [-0.4, -0.2) is 11.9 Å². The predicted molar refractivity (Wildman–Crippen MR) is 89.7 cm³/mol. The number of hydrogen-bond donors (Lipinski definition) is 1. The maximum atomic E-state index is 13.0. The van der Waals surface area contributed by atoms with Crippen LogP contribution in [0, 0.1) is 6.92 Å². The molecule has 0 aliphatic carbocycles. The minimum atomic E-state index is 0.0461. The van der Waals surface area contributed by atoms with Crippen molar-refractivity contribution in [2.24, 2.45) is 0 Å². The number of halogens is 1. The summed E-state index contributed by atoms with van der Waals surface area (Å²) in [5.41, 5.74) is 10.4. The van der Waals surface area contributed by atoms with Gasteiger partial charge in [-0.15, -0.1) is 0 Å². The third-order valence-electron chi connectivity index (χ3n) is 3.97. The van der Waals surface area contributed by atoms with Crippen LogP contribution >= 0.6 is 15.9 Å². The smallest absolute Gasteiger partial charge is 0.258 e. The summed E-state index contributed by atoms with van der Waals surface area (Å²) in [6.07, 6.45) is 0.846. The van der Waals surface area contributed by atoms with E-state index in [0.717, 1.165) is 39.0 Å². The van der Waals surface area contributed by atoms with Crippen LogP contribution in [0.4, 0.5) is 11.4 Å². The van der Waals surface area contributed by atoms with Gasteiger partial charge in [-0.1, -0.05) is 22.0 Å². The first-order valence-electron chi connectivity index (χ1n) is 6.95. The zero-order chi connectivity index (χ0) is 15.1. The molecule has 1 unspecified atom stereocenters. The highest BCUT2D eigenvalue weighted by Crippen LogP contribution is 2.35. The maximum Gasteiger partial charge on any atom is 0.258 e. The summed E-state index contributed by atoms with van der Waals surface area (Å²) < 4.78 is 0.917. The Morgan fingerprint density at radius 1 is 1.29 bits per heavy atom. The molecule has 0 bridgehead atoms. The van der Waals surface area contributed by atoms with E-state index < -0.39 is 0 Å². The van der Waals surface area contributed by atoms with Crippen molar-refractivity contribution < 1.29 is 4.79 Å². The van der Waals surface area contributed by atoms with Crippen LogP contribution in [0.3, 0.4) is 0 Å². The lowest BCUT2D eigenvalue weighted by Crippen LogP contribution is -2.36. The molecule has 21 heavy (non-hydrogen) atoms. The predicted octanol–water partition coefficient (Wildman–Crippen LogP) is 3.93. The minimum Gasteiger partial charge on any atom is -0.399 e. The van der Waals surface area contributed by atoms with Crippen molar-refractivity contribution in [1.29, 1.82) is 0 Å². The number of benzene rings is 2. The third-order valence-corrected chi connectivity index (χ3v) is 4.46. The maximum absolute atomic E-state index is 13.0. The van der Waals surface area contributed by atoms with E-state index in [1.165, 1.54) is 0 Å². The summed E-state index contributed by atoms with van der Waals surface area (Å²) in [7, 11) is 0. The molecule has 0 saturated heterocycles. The first-order valence-corrected chi connectivity index (χ1v) is 7.75. The third kappa shape index (κ3) is 2.44. The molecule has 1 aliphatic heterocycles. The molecule has 0 spiro atoms. The number of nitrogens with two attached hydrogens (primary N) is 1. The molecule has 2 N–H and O–H groups in total. The number of fused-ring (bicyclic) bond motifs is 1. The van der Waals surface area contributed by atoms with E-state index in [1.807, 2.05) is 48.2 Å². The molecule has 3 rings (SSSR count). The molecule has 0 aromatic heterocycles. The molecule has 1 amide bonds. The fraction of sp³-hybridized carbons (Fsp3) is 0.235. The van der Waals surface area contributed by atoms with E-state index in [4.69, 9.17) is 5.73 Å². The summed E-state index contributed by atoms with van der Waals surface area (Å²) in [5, 5.41) is 0. The number of nitrogens with zero attached hydrogens (tertiary/aromatic N) is 1.